The van der Waals surface area contributed by atoms with Crippen LogP contribution in [0.1, 0.15) is 0 Å². The second kappa shape index (κ2) is 7.26. The molecule has 138 valence electrons. The van der Waals surface area contributed by atoms with Crippen molar-refractivity contribution in [2.75, 3.05) is 27.8 Å². The van der Waals surface area contributed by atoms with Gasteiger partial charge in [-0.05, 0) is 35.7 Å². The lowest BCUT2D eigenvalue weighted by Gasteiger charge is -2.09. The van der Waals surface area contributed by atoms with Crippen LogP contribution < -0.4 is 14.9 Å². The summed E-state index contributed by atoms with van der Waals surface area (Å²) >= 11 is 0. The summed E-state index contributed by atoms with van der Waals surface area (Å²) in [6.07, 6.45) is 0. The molecule has 0 aliphatic carbocycles. The fourth-order valence-corrected chi connectivity index (χ4v) is 3.06. The van der Waals surface area contributed by atoms with Crippen LogP contribution in [-0.2, 0) is 9.47 Å². The molecule has 6 nitrogen and oxygen atoms in total. The Morgan fingerprint density at radius 2 is 1.44 bits per heavy atom. The van der Waals surface area contributed by atoms with Crippen LogP contribution in [0.4, 0.5) is 0 Å². The third-order valence-corrected chi connectivity index (χ3v) is 4.29. The molecule has 0 unspecified atom stereocenters. The van der Waals surface area contributed by atoms with E-state index < -0.39 is 0 Å². The third kappa shape index (κ3) is 3.20. The highest BCUT2D eigenvalue weighted by molar-refractivity contribution is 6.08. The lowest BCUT2D eigenvalue weighted by molar-refractivity contribution is 0.0510. The number of ether oxygens (including phenoxy) is 4. The molecule has 0 fully saturated rings. The van der Waals surface area contributed by atoms with Crippen LogP contribution in [0.3, 0.4) is 0 Å². The van der Waals surface area contributed by atoms with E-state index >= 15 is 0 Å². The summed E-state index contributed by atoms with van der Waals surface area (Å²) in [6, 6.07) is 14.4. The summed E-state index contributed by atoms with van der Waals surface area (Å²) in [7, 11) is 3.10. The highest BCUT2D eigenvalue weighted by Crippen LogP contribution is 2.30. The molecule has 0 bridgehead atoms. The van der Waals surface area contributed by atoms with Gasteiger partial charge in [-0.15, -0.1) is 0 Å². The monoisotopic (exact) mass is 366 g/mol. The highest BCUT2D eigenvalue weighted by atomic mass is 16.7. The van der Waals surface area contributed by atoms with E-state index in [2.05, 4.69) is 0 Å². The molecule has 27 heavy (non-hydrogen) atoms. The number of benzene rings is 3. The van der Waals surface area contributed by atoms with E-state index in [0.717, 1.165) is 10.8 Å². The maximum absolute atomic E-state index is 13.2. The molecule has 6 heteroatoms. The van der Waals surface area contributed by atoms with Gasteiger partial charge in [-0.1, -0.05) is 12.1 Å². The lowest BCUT2D eigenvalue weighted by atomic mass is 10.0. The molecule has 0 atom stereocenters. The van der Waals surface area contributed by atoms with Gasteiger partial charge in [0.15, 0.2) is 13.6 Å². The standard InChI is InChI=1S/C21H18O6/c1-23-11-25-14-5-3-13-4-8-18-20(17(13)9-14)21(22)16-7-6-15(26-12-24-2)10-19(16)27-18/h3-10H,11-12H2,1-2H3. The number of methoxy groups -OCH3 is 2. The molecule has 0 radical (unpaired) electrons. The Kier molecular flexibility index (Phi) is 4.66. The van der Waals surface area contributed by atoms with Gasteiger partial charge in [0.25, 0.3) is 0 Å². The molecule has 0 amide bonds. The second-order valence-electron chi connectivity index (χ2n) is 6.01. The quantitative estimate of drug-likeness (QED) is 0.291. The fraction of sp³-hybridized carbons (Fsp3) is 0.190. The molecular weight excluding hydrogens is 348 g/mol. The molecular formula is C21H18O6. The van der Waals surface area contributed by atoms with Crippen molar-refractivity contribution >= 4 is 32.7 Å². The van der Waals surface area contributed by atoms with Crippen LogP contribution in [0.5, 0.6) is 11.5 Å². The Morgan fingerprint density at radius 1 is 0.778 bits per heavy atom. The molecule has 0 N–H and O–H groups in total. The average Bonchev–Trinajstić information content (AvgIpc) is 2.70. The second-order valence-corrected chi connectivity index (χ2v) is 6.01. The molecule has 1 aromatic heterocycles. The zero-order valence-electron chi connectivity index (χ0n) is 15.0. The summed E-state index contributed by atoms with van der Waals surface area (Å²) in [5.74, 6) is 1.20. The van der Waals surface area contributed by atoms with Crippen LogP contribution in [0.2, 0.25) is 0 Å². The van der Waals surface area contributed by atoms with Crippen molar-refractivity contribution in [3.05, 3.63) is 58.8 Å². The molecule has 0 aliphatic rings. The molecule has 3 aromatic carbocycles. The van der Waals surface area contributed by atoms with Crippen molar-refractivity contribution in [3.63, 3.8) is 0 Å². The van der Waals surface area contributed by atoms with Crippen molar-refractivity contribution < 1.29 is 23.4 Å². The Balaban J connectivity index is 1.93. The topological polar surface area (TPSA) is 67.1 Å². The van der Waals surface area contributed by atoms with Crippen molar-refractivity contribution in [1.29, 1.82) is 0 Å². The zero-order chi connectivity index (χ0) is 18.8. The average molecular weight is 366 g/mol. The minimum absolute atomic E-state index is 0.0981. The molecule has 4 aromatic rings. The van der Waals surface area contributed by atoms with Gasteiger partial charge in [0.05, 0.1) is 10.8 Å². The number of hydrogen-bond donors (Lipinski definition) is 0. The Bertz CT molecular complexity index is 1180. The van der Waals surface area contributed by atoms with Crippen molar-refractivity contribution in [2.24, 2.45) is 0 Å². The minimum atomic E-state index is -0.0981. The van der Waals surface area contributed by atoms with E-state index in [9.17, 15) is 4.79 Å². The molecule has 0 spiro atoms. The fourth-order valence-electron chi connectivity index (χ4n) is 3.06. The molecule has 1 heterocycles. The minimum Gasteiger partial charge on any atom is -0.468 e. The van der Waals surface area contributed by atoms with Gasteiger partial charge in [-0.25, -0.2) is 0 Å². The zero-order valence-corrected chi connectivity index (χ0v) is 15.0. The molecule has 4 rings (SSSR count). The van der Waals surface area contributed by atoms with Gasteiger partial charge in [-0.3, -0.25) is 4.79 Å². The van der Waals surface area contributed by atoms with Crippen LogP contribution in [0.25, 0.3) is 32.7 Å². The smallest absolute Gasteiger partial charge is 0.201 e. The first-order chi connectivity index (χ1) is 13.2. The van der Waals surface area contributed by atoms with Gasteiger partial charge < -0.3 is 23.4 Å². The normalized spacial score (nSPS) is 11.3. The first-order valence-electron chi connectivity index (χ1n) is 8.38. The number of rotatable bonds is 6. The molecule has 0 saturated heterocycles. The predicted molar refractivity (Wildman–Crippen MR) is 103 cm³/mol. The van der Waals surface area contributed by atoms with E-state index in [1.165, 1.54) is 0 Å². The summed E-state index contributed by atoms with van der Waals surface area (Å²) < 4.78 is 26.8. The Morgan fingerprint density at radius 3 is 2.19 bits per heavy atom. The maximum atomic E-state index is 13.2. The lowest BCUT2D eigenvalue weighted by Crippen LogP contribution is -2.04. The summed E-state index contributed by atoms with van der Waals surface area (Å²) in [6.45, 7) is 0.260. The summed E-state index contributed by atoms with van der Waals surface area (Å²) in [5.41, 5.74) is 0.874. The predicted octanol–water partition coefficient (Wildman–Crippen LogP) is 4.06. The largest absolute Gasteiger partial charge is 0.468 e. The maximum Gasteiger partial charge on any atom is 0.201 e. The van der Waals surface area contributed by atoms with Gasteiger partial charge in [-0.2, -0.15) is 0 Å². The van der Waals surface area contributed by atoms with Crippen LogP contribution >= 0.6 is 0 Å². The van der Waals surface area contributed by atoms with Crippen molar-refractivity contribution in [1.82, 2.24) is 0 Å². The van der Waals surface area contributed by atoms with Crippen LogP contribution in [0, 0.1) is 0 Å². The van der Waals surface area contributed by atoms with E-state index in [1.54, 1.807) is 38.5 Å². The van der Waals surface area contributed by atoms with E-state index in [0.29, 0.717) is 33.4 Å². The van der Waals surface area contributed by atoms with Gasteiger partial charge in [0, 0.05) is 25.7 Å². The van der Waals surface area contributed by atoms with Crippen LogP contribution in [-0.4, -0.2) is 27.8 Å². The van der Waals surface area contributed by atoms with Crippen LogP contribution in [0.15, 0.2) is 57.7 Å². The summed E-state index contributed by atoms with van der Waals surface area (Å²) in [5, 5.41) is 2.71. The third-order valence-electron chi connectivity index (χ3n) is 4.29. The molecule has 0 saturated carbocycles. The van der Waals surface area contributed by atoms with Crippen molar-refractivity contribution in [2.45, 2.75) is 0 Å². The Labute approximate surface area is 154 Å². The highest BCUT2D eigenvalue weighted by Gasteiger charge is 2.12. The number of hydrogen-bond acceptors (Lipinski definition) is 6. The SMILES string of the molecule is COCOc1ccc2c(=O)c3c(ccc4ccc(OCOC)cc43)oc2c1. The summed E-state index contributed by atoms with van der Waals surface area (Å²) in [4.78, 5) is 13.2. The van der Waals surface area contributed by atoms with Crippen molar-refractivity contribution in [3.8, 4) is 11.5 Å². The number of fused-ring (bicyclic) bond motifs is 4. The van der Waals surface area contributed by atoms with E-state index in [4.69, 9.17) is 23.4 Å². The van der Waals surface area contributed by atoms with Gasteiger partial charge >= 0.3 is 0 Å². The van der Waals surface area contributed by atoms with E-state index in [-0.39, 0.29) is 19.0 Å². The first-order valence-corrected chi connectivity index (χ1v) is 8.38. The molecule has 0 aliphatic heterocycles. The van der Waals surface area contributed by atoms with Gasteiger partial charge in [0.2, 0.25) is 5.43 Å². The first kappa shape index (κ1) is 17.3. The Hall–Kier alpha value is -3.09. The van der Waals surface area contributed by atoms with E-state index in [1.807, 2.05) is 24.3 Å². The van der Waals surface area contributed by atoms with Gasteiger partial charge in [0.1, 0.15) is 22.7 Å².